The summed E-state index contributed by atoms with van der Waals surface area (Å²) >= 11 is 0. The monoisotopic (exact) mass is 343 g/mol. The van der Waals surface area contributed by atoms with Gasteiger partial charge in [-0.1, -0.05) is 6.42 Å². The zero-order chi connectivity index (χ0) is 15.7. The topological polar surface area (TPSA) is 75.4 Å². The predicted octanol–water partition coefficient (Wildman–Crippen LogP) is 1.55. The number of hydrogen-bond donors (Lipinski definition) is 2. The van der Waals surface area contributed by atoms with E-state index in [4.69, 9.17) is 5.73 Å². The van der Waals surface area contributed by atoms with Gasteiger partial charge in [-0.25, -0.2) is 0 Å². The normalized spacial score (nSPS) is 36.8. The molecule has 132 valence electrons. The van der Waals surface area contributed by atoms with Crippen LogP contribution in [0.3, 0.4) is 0 Å². The number of nitrogens with zero attached hydrogens (tertiary/aromatic N) is 1. The Morgan fingerprint density at radius 3 is 2.30 bits per heavy atom. The van der Waals surface area contributed by atoms with E-state index in [0.29, 0.717) is 24.4 Å². The van der Waals surface area contributed by atoms with Crippen LogP contribution in [0.4, 0.5) is 0 Å². The second-order valence-electron chi connectivity index (χ2n) is 7.43. The molecule has 0 aromatic rings. The number of likely N-dealkylation sites (tertiary alicyclic amines) is 1. The van der Waals surface area contributed by atoms with Crippen LogP contribution in [0.2, 0.25) is 0 Å². The second-order valence-corrected chi connectivity index (χ2v) is 7.43. The molecule has 0 radical (unpaired) electrons. The lowest BCUT2D eigenvalue weighted by molar-refractivity contribution is -0.142. The van der Waals surface area contributed by atoms with E-state index in [1.807, 2.05) is 4.90 Å². The number of piperidine rings is 1. The summed E-state index contributed by atoms with van der Waals surface area (Å²) in [5.41, 5.74) is 6.33. The van der Waals surface area contributed by atoms with Crippen molar-refractivity contribution in [2.75, 3.05) is 20.1 Å². The molecule has 2 bridgehead atoms. The summed E-state index contributed by atoms with van der Waals surface area (Å²) < 4.78 is 0. The minimum Gasteiger partial charge on any atom is -0.359 e. The van der Waals surface area contributed by atoms with Gasteiger partial charge in [-0.3, -0.25) is 9.59 Å². The molecule has 1 aliphatic heterocycles. The molecular weight excluding hydrogens is 314 g/mol. The maximum Gasteiger partial charge on any atom is 0.225 e. The molecular formula is C17H30ClN3O2. The smallest absolute Gasteiger partial charge is 0.225 e. The fourth-order valence-electron chi connectivity index (χ4n) is 4.84. The average molecular weight is 344 g/mol. The molecule has 3 rings (SSSR count). The molecule has 3 aliphatic rings. The van der Waals surface area contributed by atoms with Crippen LogP contribution in [0.15, 0.2) is 0 Å². The first-order valence-corrected chi connectivity index (χ1v) is 8.86. The van der Waals surface area contributed by atoms with E-state index >= 15 is 0 Å². The van der Waals surface area contributed by atoms with Crippen LogP contribution in [-0.4, -0.2) is 42.9 Å². The van der Waals surface area contributed by atoms with Crippen molar-refractivity contribution < 1.29 is 9.59 Å². The molecule has 1 saturated heterocycles. The van der Waals surface area contributed by atoms with E-state index in [2.05, 4.69) is 5.32 Å². The molecule has 0 aromatic carbocycles. The molecule has 3 unspecified atom stereocenters. The number of carbonyl (C=O) groups is 2. The first-order chi connectivity index (χ1) is 10.6. The van der Waals surface area contributed by atoms with Crippen molar-refractivity contribution in [3.8, 4) is 0 Å². The minimum atomic E-state index is -0.0342. The first kappa shape index (κ1) is 18.5. The Bertz CT molecular complexity index is 432. The van der Waals surface area contributed by atoms with Gasteiger partial charge in [0, 0.05) is 32.1 Å². The fraction of sp³-hybridized carbons (Fsp3) is 0.882. The number of nitrogens with two attached hydrogens (primary N) is 1. The molecule has 1 heterocycles. The number of amides is 2. The summed E-state index contributed by atoms with van der Waals surface area (Å²) in [6.45, 7) is 1.40. The highest BCUT2D eigenvalue weighted by atomic mass is 35.5. The number of rotatable bonds is 2. The Hall–Kier alpha value is -0.810. The third-order valence-electron chi connectivity index (χ3n) is 6.11. The molecule has 2 aliphatic carbocycles. The van der Waals surface area contributed by atoms with Gasteiger partial charge in [-0.15, -0.1) is 12.4 Å². The number of halogens is 1. The van der Waals surface area contributed by atoms with Crippen LogP contribution in [0, 0.1) is 23.7 Å². The van der Waals surface area contributed by atoms with Crippen LogP contribution in [0.1, 0.15) is 44.9 Å². The van der Waals surface area contributed by atoms with Gasteiger partial charge in [-0.2, -0.15) is 0 Å². The molecule has 5 nitrogen and oxygen atoms in total. The van der Waals surface area contributed by atoms with Gasteiger partial charge in [0.1, 0.15) is 0 Å². The highest BCUT2D eigenvalue weighted by molar-refractivity contribution is 5.85. The van der Waals surface area contributed by atoms with Crippen molar-refractivity contribution in [1.82, 2.24) is 10.2 Å². The standard InChI is InChI=1S/C17H29N3O2.ClH/c1-19-16(21)13-6-3-7-20(10-13)17(22)14-8-11-4-2-5-12(9-14)15(11)18;/h11-15H,2-10,18H2,1H3,(H,19,21);1H. The van der Waals surface area contributed by atoms with Crippen LogP contribution in [-0.2, 0) is 9.59 Å². The molecule has 3 atom stereocenters. The molecule has 23 heavy (non-hydrogen) atoms. The summed E-state index contributed by atoms with van der Waals surface area (Å²) in [6, 6.07) is 0.303. The van der Waals surface area contributed by atoms with Gasteiger partial charge >= 0.3 is 0 Å². The van der Waals surface area contributed by atoms with Crippen molar-refractivity contribution in [1.29, 1.82) is 0 Å². The van der Waals surface area contributed by atoms with Crippen molar-refractivity contribution in [2.45, 2.75) is 51.0 Å². The second kappa shape index (κ2) is 7.84. The third-order valence-corrected chi connectivity index (χ3v) is 6.11. The van der Waals surface area contributed by atoms with E-state index in [1.54, 1.807) is 7.05 Å². The molecule has 0 aromatic heterocycles. The van der Waals surface area contributed by atoms with E-state index < -0.39 is 0 Å². The molecule has 3 N–H and O–H groups in total. The van der Waals surface area contributed by atoms with E-state index in [1.165, 1.54) is 19.3 Å². The van der Waals surface area contributed by atoms with Gasteiger partial charge < -0.3 is 16.0 Å². The molecule has 2 saturated carbocycles. The lowest BCUT2D eigenvalue weighted by Crippen LogP contribution is -2.52. The highest BCUT2D eigenvalue weighted by Gasteiger charge is 2.42. The molecule has 2 amide bonds. The number of nitrogens with one attached hydrogen (secondary N) is 1. The van der Waals surface area contributed by atoms with Gasteiger partial charge in [-0.05, 0) is 50.4 Å². The fourth-order valence-corrected chi connectivity index (χ4v) is 4.84. The van der Waals surface area contributed by atoms with E-state index in [9.17, 15) is 9.59 Å². The van der Waals surface area contributed by atoms with Crippen molar-refractivity contribution >= 4 is 24.2 Å². The third kappa shape index (κ3) is 3.82. The maximum atomic E-state index is 12.9. The Morgan fingerprint density at radius 1 is 1.04 bits per heavy atom. The predicted molar refractivity (Wildman–Crippen MR) is 92.1 cm³/mol. The van der Waals surface area contributed by atoms with Crippen LogP contribution in [0.25, 0.3) is 0 Å². The summed E-state index contributed by atoms with van der Waals surface area (Å²) in [7, 11) is 1.67. The maximum absolute atomic E-state index is 12.9. The van der Waals surface area contributed by atoms with Gasteiger partial charge in [0.2, 0.25) is 11.8 Å². The molecule has 3 fully saturated rings. The largest absolute Gasteiger partial charge is 0.359 e. The Labute approximate surface area is 145 Å². The van der Waals surface area contributed by atoms with E-state index in [-0.39, 0.29) is 36.1 Å². The zero-order valence-corrected chi connectivity index (χ0v) is 14.8. The van der Waals surface area contributed by atoms with Gasteiger partial charge in [0.15, 0.2) is 0 Å². The lowest BCUT2D eigenvalue weighted by atomic mass is 9.65. The first-order valence-electron chi connectivity index (χ1n) is 8.86. The van der Waals surface area contributed by atoms with Crippen molar-refractivity contribution in [3.05, 3.63) is 0 Å². The summed E-state index contributed by atoms with van der Waals surface area (Å²) in [6.07, 6.45) is 7.37. The van der Waals surface area contributed by atoms with Crippen LogP contribution < -0.4 is 11.1 Å². The van der Waals surface area contributed by atoms with Crippen molar-refractivity contribution in [2.24, 2.45) is 29.4 Å². The number of fused-ring (bicyclic) bond motifs is 2. The number of carbonyl (C=O) groups excluding carboxylic acids is 2. The summed E-state index contributed by atoms with van der Waals surface area (Å²) in [4.78, 5) is 26.7. The lowest BCUT2D eigenvalue weighted by Gasteiger charge is -2.45. The van der Waals surface area contributed by atoms with Crippen LogP contribution in [0.5, 0.6) is 0 Å². The summed E-state index contributed by atoms with van der Waals surface area (Å²) in [5.74, 6) is 1.51. The Balaban J connectivity index is 0.00000192. The number of hydrogen-bond acceptors (Lipinski definition) is 3. The molecule has 6 heteroatoms. The Morgan fingerprint density at radius 2 is 1.70 bits per heavy atom. The van der Waals surface area contributed by atoms with Gasteiger partial charge in [0.25, 0.3) is 0 Å². The quantitative estimate of drug-likeness (QED) is 0.798. The van der Waals surface area contributed by atoms with Crippen LogP contribution >= 0.6 is 12.4 Å². The van der Waals surface area contributed by atoms with Gasteiger partial charge in [0.05, 0.1) is 5.92 Å². The zero-order valence-electron chi connectivity index (χ0n) is 14.0. The summed E-state index contributed by atoms with van der Waals surface area (Å²) in [5, 5.41) is 2.72. The van der Waals surface area contributed by atoms with E-state index in [0.717, 1.165) is 32.2 Å². The average Bonchev–Trinajstić information content (AvgIpc) is 2.53. The minimum absolute atomic E-state index is 0. The Kier molecular flexibility index (Phi) is 6.32. The SMILES string of the molecule is CNC(=O)C1CCCN(C(=O)C2CC3CCCC(C2)C3N)C1.Cl. The van der Waals surface area contributed by atoms with Crippen molar-refractivity contribution in [3.63, 3.8) is 0 Å². The highest BCUT2D eigenvalue weighted by Crippen LogP contribution is 2.42. The molecule has 0 spiro atoms.